The van der Waals surface area contributed by atoms with Crippen molar-refractivity contribution in [1.82, 2.24) is 0 Å². The van der Waals surface area contributed by atoms with Crippen LogP contribution in [0.25, 0.3) is 0 Å². The molecule has 9 nitrogen and oxygen atoms in total. The van der Waals surface area contributed by atoms with Crippen LogP contribution in [0.1, 0.15) is 73.4 Å². The van der Waals surface area contributed by atoms with Gasteiger partial charge in [-0.15, -0.1) is 0 Å². The fourth-order valence-electron chi connectivity index (χ4n) is 3.53. The monoisotopic (exact) mass is 590 g/mol. The van der Waals surface area contributed by atoms with Crippen LogP contribution < -0.4 is 9.47 Å². The summed E-state index contributed by atoms with van der Waals surface area (Å²) >= 11 is 5.47. The number of rotatable bonds is 6. The summed E-state index contributed by atoms with van der Waals surface area (Å²) in [6.07, 6.45) is 2.10. The third kappa shape index (κ3) is 8.18. The third-order valence-electron chi connectivity index (χ3n) is 5.41. The highest BCUT2D eigenvalue weighted by atomic mass is 35.5. The molecule has 2 aromatic carbocycles. The molecule has 1 N–H and O–H groups in total. The van der Waals surface area contributed by atoms with Gasteiger partial charge in [0.25, 0.3) is 5.24 Å². The fraction of sp³-hybridized carbons (Fsp3) is 0.462. The Morgan fingerprint density at radius 1 is 0.711 bits per heavy atom. The summed E-state index contributed by atoms with van der Waals surface area (Å²) in [5, 5.41) is 8.40. The minimum atomic E-state index is -3.57. The lowest BCUT2D eigenvalue weighted by atomic mass is 9.85. The number of aromatic carboxylic acids is 1. The van der Waals surface area contributed by atoms with E-state index in [1.54, 1.807) is 6.07 Å². The summed E-state index contributed by atoms with van der Waals surface area (Å²) in [7, 11) is -4.31. The number of carboxylic acids is 1. The van der Waals surface area contributed by atoms with Gasteiger partial charge in [0.1, 0.15) is 21.3 Å². The van der Waals surface area contributed by atoms with E-state index in [0.717, 1.165) is 18.6 Å². The molecule has 0 unspecified atom stereocenters. The quantitative estimate of drug-likeness (QED) is 0.466. The Bertz CT molecular complexity index is 1330. The van der Waals surface area contributed by atoms with Crippen molar-refractivity contribution in [2.45, 2.75) is 62.2 Å². The average molecular weight is 591 g/mol. The van der Waals surface area contributed by atoms with Crippen LogP contribution in [-0.4, -0.2) is 59.9 Å². The lowest BCUT2D eigenvalue weighted by molar-refractivity contribution is 0.0696. The average Bonchev–Trinajstić information content (AvgIpc) is 2.74. The first-order valence-corrected chi connectivity index (χ1v) is 15.4. The number of methoxy groups -OCH3 is 2. The molecule has 0 aliphatic rings. The molecular weight excluding hydrogens is 556 g/mol. The molecule has 0 aromatic heterocycles. The van der Waals surface area contributed by atoms with Crippen LogP contribution in [0, 0.1) is 0 Å². The molecule has 0 fully saturated rings. The Hall–Kier alpha value is -2.63. The van der Waals surface area contributed by atoms with Crippen LogP contribution in [0.3, 0.4) is 0 Å². The molecule has 38 heavy (non-hydrogen) atoms. The second-order valence-electron chi connectivity index (χ2n) is 10.7. The number of ether oxygens (including phenoxy) is 2. The molecule has 0 spiro atoms. The Morgan fingerprint density at radius 3 is 1.26 bits per heavy atom. The summed E-state index contributed by atoms with van der Waals surface area (Å²) in [6.45, 7) is 11.3. The van der Waals surface area contributed by atoms with Gasteiger partial charge >= 0.3 is 5.97 Å². The summed E-state index contributed by atoms with van der Waals surface area (Å²) < 4.78 is 57.7. The largest absolute Gasteiger partial charge is 0.495 e. The Balaban J connectivity index is 0.000000380. The zero-order valence-corrected chi connectivity index (χ0v) is 25.6. The lowest BCUT2D eigenvalue weighted by Gasteiger charge is -2.24. The van der Waals surface area contributed by atoms with E-state index in [0.29, 0.717) is 11.1 Å². The summed E-state index contributed by atoms with van der Waals surface area (Å²) in [6, 6.07) is 5.41. The van der Waals surface area contributed by atoms with Gasteiger partial charge in [0, 0.05) is 29.2 Å². The van der Waals surface area contributed by atoms with Crippen LogP contribution in [0.15, 0.2) is 34.1 Å². The predicted molar refractivity (Wildman–Crippen MR) is 147 cm³/mol. The summed E-state index contributed by atoms with van der Waals surface area (Å²) in [5.74, 6) is -0.699. The zero-order valence-electron chi connectivity index (χ0n) is 23.2. The highest BCUT2D eigenvalue weighted by Gasteiger charge is 2.28. The maximum atomic E-state index is 11.8. The van der Waals surface area contributed by atoms with E-state index in [-0.39, 0.29) is 37.8 Å². The first-order chi connectivity index (χ1) is 17.0. The van der Waals surface area contributed by atoms with Crippen LogP contribution in [0.4, 0.5) is 0 Å². The maximum Gasteiger partial charge on any atom is 0.335 e. The molecule has 0 aliphatic heterocycles. The number of carbonyl (C=O) groups excluding carboxylic acids is 1. The maximum absolute atomic E-state index is 11.8. The Kier molecular flexibility index (Phi) is 10.2. The molecule has 212 valence electrons. The summed E-state index contributed by atoms with van der Waals surface area (Å²) in [5.41, 5.74) is 0.444. The van der Waals surface area contributed by atoms with Gasteiger partial charge < -0.3 is 14.6 Å². The van der Waals surface area contributed by atoms with Crippen molar-refractivity contribution in [3.05, 3.63) is 46.5 Å². The zero-order chi connectivity index (χ0) is 30.0. The molecular formula is C26H35ClO9S2. The van der Waals surface area contributed by atoms with Crippen LogP contribution in [-0.2, 0) is 30.5 Å². The Labute approximate surface area is 230 Å². The number of carboxylic acid groups (broad SMARTS) is 1. The van der Waals surface area contributed by atoms with Gasteiger partial charge in [0.15, 0.2) is 19.7 Å². The first kappa shape index (κ1) is 33.4. The van der Waals surface area contributed by atoms with Gasteiger partial charge in [-0.1, -0.05) is 41.5 Å². The van der Waals surface area contributed by atoms with Crippen molar-refractivity contribution < 1.29 is 41.0 Å². The molecule has 0 aliphatic carbocycles. The standard InChI is InChI=1S/C13H17ClO4S.C13H18O5S/c2*1-13(2,3)9-6-8(12(14)15)7-10(11(9)18-4)19(5,16)17/h6-7H,1-5H3;6-7H,1-5H3,(H,14,15). The fourth-order valence-corrected chi connectivity index (χ4v) is 5.38. The van der Waals surface area contributed by atoms with Crippen LogP contribution >= 0.6 is 11.6 Å². The van der Waals surface area contributed by atoms with Crippen molar-refractivity contribution in [2.75, 3.05) is 26.7 Å². The highest BCUT2D eigenvalue weighted by Crippen LogP contribution is 2.38. The van der Waals surface area contributed by atoms with E-state index in [2.05, 4.69) is 0 Å². The van der Waals surface area contributed by atoms with Crippen molar-refractivity contribution in [1.29, 1.82) is 0 Å². The van der Waals surface area contributed by atoms with E-state index in [4.69, 9.17) is 26.2 Å². The van der Waals surface area contributed by atoms with Gasteiger partial charge in [-0.2, -0.15) is 0 Å². The van der Waals surface area contributed by atoms with E-state index in [9.17, 15) is 26.4 Å². The molecule has 0 atom stereocenters. The molecule has 12 heteroatoms. The van der Waals surface area contributed by atoms with Gasteiger partial charge in [-0.05, 0) is 46.7 Å². The van der Waals surface area contributed by atoms with E-state index < -0.39 is 36.3 Å². The second-order valence-corrected chi connectivity index (χ2v) is 15.0. The molecule has 0 amide bonds. The van der Waals surface area contributed by atoms with Gasteiger partial charge in [0.05, 0.1) is 19.8 Å². The van der Waals surface area contributed by atoms with Crippen molar-refractivity contribution >= 4 is 42.5 Å². The topological polar surface area (TPSA) is 141 Å². The van der Waals surface area contributed by atoms with Crippen molar-refractivity contribution in [2.24, 2.45) is 0 Å². The van der Waals surface area contributed by atoms with Gasteiger partial charge in [0.2, 0.25) is 0 Å². The number of sulfone groups is 2. The number of carbonyl (C=O) groups is 2. The summed E-state index contributed by atoms with van der Waals surface area (Å²) in [4.78, 5) is 22.3. The van der Waals surface area contributed by atoms with Gasteiger partial charge in [-0.3, -0.25) is 4.79 Å². The number of halogens is 1. The normalized spacial score (nSPS) is 12.3. The SMILES string of the molecule is COc1c(C(C)(C)C)cc(C(=O)Cl)cc1S(C)(=O)=O.COc1c(C(C)(C)C)cc(C(=O)O)cc1S(C)(=O)=O. The van der Waals surface area contributed by atoms with Crippen LogP contribution in [0.5, 0.6) is 11.5 Å². The van der Waals surface area contributed by atoms with E-state index in [1.807, 2.05) is 41.5 Å². The molecule has 0 bridgehead atoms. The third-order valence-corrected chi connectivity index (χ3v) is 7.83. The number of hydrogen-bond acceptors (Lipinski definition) is 8. The predicted octanol–water partition coefficient (Wildman–Crippen LogP) is 4.87. The van der Waals surface area contributed by atoms with Crippen molar-refractivity contribution in [3.8, 4) is 11.5 Å². The molecule has 0 radical (unpaired) electrons. The minimum Gasteiger partial charge on any atom is -0.495 e. The number of benzene rings is 2. The Morgan fingerprint density at radius 2 is 1.03 bits per heavy atom. The molecule has 0 heterocycles. The highest BCUT2D eigenvalue weighted by molar-refractivity contribution is 7.91. The number of hydrogen-bond donors (Lipinski definition) is 1. The van der Waals surface area contributed by atoms with E-state index in [1.165, 1.54) is 26.4 Å². The first-order valence-electron chi connectivity index (χ1n) is 11.2. The smallest absolute Gasteiger partial charge is 0.335 e. The van der Waals surface area contributed by atoms with Crippen LogP contribution in [0.2, 0.25) is 0 Å². The molecule has 0 saturated heterocycles. The van der Waals surface area contributed by atoms with Crippen molar-refractivity contribution in [3.63, 3.8) is 0 Å². The molecule has 0 saturated carbocycles. The minimum absolute atomic E-state index is 0.0218. The second kappa shape index (κ2) is 11.6. The molecule has 2 rings (SSSR count). The van der Waals surface area contributed by atoms with E-state index >= 15 is 0 Å². The lowest BCUT2D eigenvalue weighted by Crippen LogP contribution is -2.17. The molecule has 2 aromatic rings. The van der Waals surface area contributed by atoms with Gasteiger partial charge in [-0.25, -0.2) is 21.6 Å².